The Labute approximate surface area is 124 Å². The second-order valence-electron chi connectivity index (χ2n) is 5.68. The number of quaternary nitrogens is 1. The van der Waals surface area contributed by atoms with Crippen molar-refractivity contribution in [3.63, 3.8) is 0 Å². The summed E-state index contributed by atoms with van der Waals surface area (Å²) in [4.78, 5) is 11.0. The maximum Gasteiger partial charge on any atom is 0.265 e. The normalized spacial score (nSPS) is 10.7. The largest absolute Gasteiger partial charge is 0.609 e. The van der Waals surface area contributed by atoms with Crippen LogP contribution in [0.5, 0.6) is 0 Å². The average molecular weight is 286 g/mol. The van der Waals surface area contributed by atoms with Gasteiger partial charge < -0.3 is 5.21 Å². The molecule has 0 aromatic carbocycles. The minimum Gasteiger partial charge on any atom is -0.609 e. The number of amides is 1. The fraction of sp³-hybridized carbons (Fsp3) is 0.938. The van der Waals surface area contributed by atoms with Crippen LogP contribution in [0.1, 0.15) is 96.8 Å². The van der Waals surface area contributed by atoms with Crippen molar-refractivity contribution in [3.8, 4) is 0 Å². The van der Waals surface area contributed by atoms with Crippen molar-refractivity contribution in [2.75, 3.05) is 0 Å². The van der Waals surface area contributed by atoms with Gasteiger partial charge in [-0.25, -0.2) is 5.43 Å². The smallest absolute Gasteiger partial charge is 0.265 e. The molecule has 0 fully saturated rings. The number of carbonyl (C=O) groups is 1. The van der Waals surface area contributed by atoms with Crippen molar-refractivity contribution in [1.29, 1.82) is 0 Å². The van der Waals surface area contributed by atoms with Gasteiger partial charge in [0, 0.05) is 6.42 Å². The number of rotatable bonds is 15. The number of hydrogen-bond acceptors (Lipinski definition) is 2. The van der Waals surface area contributed by atoms with Gasteiger partial charge in [-0.15, -0.1) is 0 Å². The minimum atomic E-state index is -0.150. The summed E-state index contributed by atoms with van der Waals surface area (Å²) in [7, 11) is 0. The molecule has 0 aliphatic heterocycles. The van der Waals surface area contributed by atoms with E-state index in [0.717, 1.165) is 12.8 Å². The van der Waals surface area contributed by atoms with Crippen LogP contribution in [0.4, 0.5) is 0 Å². The first-order valence-electron chi connectivity index (χ1n) is 8.54. The molecular formula is C16H34N2O2. The van der Waals surface area contributed by atoms with Crippen LogP contribution in [-0.4, -0.2) is 5.91 Å². The summed E-state index contributed by atoms with van der Waals surface area (Å²) >= 11 is 0. The van der Waals surface area contributed by atoms with E-state index < -0.39 is 0 Å². The molecule has 0 heterocycles. The van der Waals surface area contributed by atoms with Gasteiger partial charge in [-0.1, -0.05) is 84.0 Å². The third-order valence-corrected chi connectivity index (χ3v) is 3.73. The van der Waals surface area contributed by atoms with E-state index in [0.29, 0.717) is 12.0 Å². The molecule has 0 aliphatic rings. The van der Waals surface area contributed by atoms with E-state index in [2.05, 4.69) is 12.3 Å². The Morgan fingerprint density at radius 3 is 1.60 bits per heavy atom. The second kappa shape index (κ2) is 16.4. The third-order valence-electron chi connectivity index (χ3n) is 3.73. The fourth-order valence-corrected chi connectivity index (χ4v) is 2.44. The Morgan fingerprint density at radius 1 is 0.800 bits per heavy atom. The molecule has 4 nitrogen and oxygen atoms in total. The molecule has 3 N–H and O–H groups in total. The van der Waals surface area contributed by atoms with Gasteiger partial charge in [0.15, 0.2) is 0 Å². The molecule has 0 radical (unpaired) electrons. The first kappa shape index (κ1) is 19.4. The molecule has 120 valence electrons. The second-order valence-corrected chi connectivity index (χ2v) is 5.68. The lowest BCUT2D eigenvalue weighted by Gasteiger charge is -2.04. The summed E-state index contributed by atoms with van der Waals surface area (Å²) in [6, 6.07) is 0. The van der Waals surface area contributed by atoms with Crippen molar-refractivity contribution >= 4 is 5.91 Å². The van der Waals surface area contributed by atoms with E-state index >= 15 is 0 Å². The van der Waals surface area contributed by atoms with E-state index in [1.807, 2.05) is 0 Å². The zero-order valence-corrected chi connectivity index (χ0v) is 13.3. The number of carbonyl (C=O) groups excluding carboxylic acids is 1. The number of hydrogen-bond donors (Lipinski definition) is 2. The predicted octanol–water partition coefficient (Wildman–Crippen LogP) is 3.56. The fourth-order valence-electron chi connectivity index (χ4n) is 2.44. The molecule has 0 unspecified atom stereocenters. The molecule has 0 spiro atoms. The van der Waals surface area contributed by atoms with Gasteiger partial charge in [0.2, 0.25) is 0 Å². The summed E-state index contributed by atoms with van der Waals surface area (Å²) in [6.07, 6.45) is 17.4. The molecule has 0 atom stereocenters. The average Bonchev–Trinajstić information content (AvgIpc) is 2.44. The number of nitrogens with two attached hydrogens (primary N) is 1. The Kier molecular flexibility index (Phi) is 15.9. The summed E-state index contributed by atoms with van der Waals surface area (Å²) < 4.78 is 0. The standard InChI is InChI=1S/C16H34N2O2/c1-2-3-4-5-6-7-8-9-10-11-12-13-14-15-16(19)17-18-20/h2-15,18H2,1H3,(H,17,19). The van der Waals surface area contributed by atoms with E-state index in [-0.39, 0.29) is 5.91 Å². The molecule has 20 heavy (non-hydrogen) atoms. The quantitative estimate of drug-likeness (QED) is 0.209. The van der Waals surface area contributed by atoms with Gasteiger partial charge in [-0.3, -0.25) is 10.4 Å². The maximum absolute atomic E-state index is 11.0. The highest BCUT2D eigenvalue weighted by Gasteiger charge is 1.99. The molecule has 0 aliphatic carbocycles. The van der Waals surface area contributed by atoms with E-state index in [9.17, 15) is 10.0 Å². The third kappa shape index (κ3) is 15.4. The van der Waals surface area contributed by atoms with Crippen molar-refractivity contribution in [2.45, 2.75) is 96.8 Å². The summed E-state index contributed by atoms with van der Waals surface area (Å²) in [5.74, 6) is -0.150. The van der Waals surface area contributed by atoms with Gasteiger partial charge in [0.1, 0.15) is 0 Å². The summed E-state index contributed by atoms with van der Waals surface area (Å²) in [5.41, 5.74) is 2.63. The zero-order valence-electron chi connectivity index (χ0n) is 13.3. The molecule has 0 rings (SSSR count). The van der Waals surface area contributed by atoms with Crippen LogP contribution in [0.3, 0.4) is 0 Å². The Hall–Kier alpha value is -0.610. The highest BCUT2D eigenvalue weighted by molar-refractivity contribution is 5.74. The Bertz CT molecular complexity index is 211. The molecular weight excluding hydrogens is 252 g/mol. The molecule has 1 amide bonds. The molecule has 0 bridgehead atoms. The monoisotopic (exact) mass is 286 g/mol. The predicted molar refractivity (Wildman–Crippen MR) is 83.7 cm³/mol. The number of unbranched alkanes of at least 4 members (excludes halogenated alkanes) is 12. The summed E-state index contributed by atoms with van der Waals surface area (Å²) in [6.45, 7) is 2.26. The molecule has 0 aromatic heterocycles. The number of nitrogens with one attached hydrogen (secondary N) is 1. The highest BCUT2D eigenvalue weighted by atomic mass is 16.5. The van der Waals surface area contributed by atoms with Crippen molar-refractivity contribution < 1.29 is 10.4 Å². The summed E-state index contributed by atoms with van der Waals surface area (Å²) in [5, 5.41) is 10.0. The first-order chi connectivity index (χ1) is 9.81. The lowest BCUT2D eigenvalue weighted by molar-refractivity contribution is -0.636. The van der Waals surface area contributed by atoms with Gasteiger partial charge in [0.05, 0.1) is 0 Å². The van der Waals surface area contributed by atoms with Crippen LogP contribution in [0, 0.1) is 5.21 Å². The minimum absolute atomic E-state index is 0.150. The van der Waals surface area contributed by atoms with Crippen LogP contribution in [0.2, 0.25) is 0 Å². The van der Waals surface area contributed by atoms with Gasteiger partial charge in [-0.05, 0) is 6.42 Å². The molecule has 0 aromatic rings. The van der Waals surface area contributed by atoms with Gasteiger partial charge in [-0.2, -0.15) is 0 Å². The van der Waals surface area contributed by atoms with Crippen molar-refractivity contribution in [3.05, 3.63) is 5.21 Å². The lowest BCUT2D eigenvalue weighted by atomic mass is 10.0. The Morgan fingerprint density at radius 2 is 1.20 bits per heavy atom. The van der Waals surface area contributed by atoms with E-state index in [1.165, 1.54) is 70.6 Å². The van der Waals surface area contributed by atoms with Crippen molar-refractivity contribution in [2.24, 2.45) is 0 Å². The van der Waals surface area contributed by atoms with Crippen LogP contribution in [0.25, 0.3) is 0 Å². The first-order valence-corrected chi connectivity index (χ1v) is 8.54. The maximum atomic E-state index is 11.0. The van der Waals surface area contributed by atoms with Crippen LogP contribution in [-0.2, 0) is 4.79 Å². The van der Waals surface area contributed by atoms with E-state index in [4.69, 9.17) is 0 Å². The van der Waals surface area contributed by atoms with Crippen LogP contribution in [0.15, 0.2) is 0 Å². The lowest BCUT2D eigenvalue weighted by Crippen LogP contribution is -2.88. The molecule has 0 saturated carbocycles. The molecule has 0 saturated heterocycles. The SMILES string of the molecule is CCCCCCCCCCCCCCCC(=O)N[NH2+][O-]. The van der Waals surface area contributed by atoms with Gasteiger partial charge in [0.25, 0.3) is 5.91 Å². The van der Waals surface area contributed by atoms with Crippen molar-refractivity contribution in [1.82, 2.24) is 5.43 Å². The Balaban J connectivity index is 3.01. The topological polar surface area (TPSA) is 68.8 Å². The molecule has 4 heteroatoms. The van der Waals surface area contributed by atoms with Crippen LogP contribution >= 0.6 is 0 Å². The van der Waals surface area contributed by atoms with Gasteiger partial charge >= 0.3 is 0 Å². The zero-order chi connectivity index (χ0) is 14.9. The highest BCUT2D eigenvalue weighted by Crippen LogP contribution is 2.12. The van der Waals surface area contributed by atoms with Crippen LogP contribution < -0.4 is 11.0 Å². The van der Waals surface area contributed by atoms with E-state index in [1.54, 1.807) is 0 Å².